The van der Waals surface area contributed by atoms with Gasteiger partial charge in [-0.05, 0) is 55.0 Å². The monoisotopic (exact) mass is 424 g/mol. The number of carbonyl (C=O) groups is 1. The molecule has 1 saturated carbocycles. The van der Waals surface area contributed by atoms with Gasteiger partial charge in [0.05, 0.1) is 6.26 Å². The van der Waals surface area contributed by atoms with Crippen LogP contribution in [-0.4, -0.2) is 50.5 Å². The maximum atomic E-state index is 12.2. The standard InChI is InChI=1S/C25H36N4O2/c1-29(2)24(30)22-11-6-10-20(18-22)13-15-26-25(27-16-14-23-12-7-17-31-23)28-19-21-8-4-3-5-9-21/h6-7,10-12,17-18,21H,3-5,8-9,13-16,19H2,1-2H3,(H2,26,27,28). The molecule has 0 aliphatic heterocycles. The summed E-state index contributed by atoms with van der Waals surface area (Å²) in [6.45, 7) is 2.41. The topological polar surface area (TPSA) is 69.9 Å². The van der Waals surface area contributed by atoms with Crippen LogP contribution in [0.15, 0.2) is 52.1 Å². The van der Waals surface area contributed by atoms with Crippen molar-refractivity contribution in [2.45, 2.75) is 44.9 Å². The lowest BCUT2D eigenvalue weighted by atomic mass is 9.89. The van der Waals surface area contributed by atoms with Gasteiger partial charge in [0, 0.05) is 45.7 Å². The molecule has 0 atom stereocenters. The Balaban J connectivity index is 1.53. The van der Waals surface area contributed by atoms with E-state index in [0.29, 0.717) is 5.92 Å². The minimum absolute atomic E-state index is 0.0316. The average molecular weight is 425 g/mol. The molecule has 2 N–H and O–H groups in total. The quantitative estimate of drug-likeness (QED) is 0.473. The normalized spacial score (nSPS) is 15.0. The van der Waals surface area contributed by atoms with E-state index in [-0.39, 0.29) is 5.91 Å². The van der Waals surface area contributed by atoms with Crippen molar-refractivity contribution < 1.29 is 9.21 Å². The molecule has 1 aromatic heterocycles. The Bertz CT molecular complexity index is 824. The molecule has 1 aliphatic carbocycles. The Labute approximate surface area is 186 Å². The molecule has 1 amide bonds. The van der Waals surface area contributed by atoms with Gasteiger partial charge in [-0.15, -0.1) is 0 Å². The molecular formula is C25H36N4O2. The molecule has 0 bridgehead atoms. The van der Waals surface area contributed by atoms with Gasteiger partial charge in [0.15, 0.2) is 5.96 Å². The number of benzene rings is 1. The molecule has 168 valence electrons. The molecule has 6 nitrogen and oxygen atoms in total. The molecule has 1 fully saturated rings. The van der Waals surface area contributed by atoms with Crippen LogP contribution in [0.3, 0.4) is 0 Å². The van der Waals surface area contributed by atoms with E-state index in [9.17, 15) is 4.79 Å². The van der Waals surface area contributed by atoms with Gasteiger partial charge < -0.3 is 20.0 Å². The van der Waals surface area contributed by atoms with E-state index < -0.39 is 0 Å². The zero-order valence-corrected chi connectivity index (χ0v) is 18.9. The van der Waals surface area contributed by atoms with Gasteiger partial charge >= 0.3 is 0 Å². The summed E-state index contributed by atoms with van der Waals surface area (Å²) in [5.41, 5.74) is 1.87. The van der Waals surface area contributed by atoms with E-state index in [4.69, 9.17) is 9.41 Å². The van der Waals surface area contributed by atoms with Crippen molar-refractivity contribution in [3.05, 3.63) is 59.5 Å². The van der Waals surface area contributed by atoms with Crippen LogP contribution >= 0.6 is 0 Å². The van der Waals surface area contributed by atoms with Gasteiger partial charge in [0.1, 0.15) is 5.76 Å². The van der Waals surface area contributed by atoms with Gasteiger partial charge in [-0.1, -0.05) is 31.4 Å². The van der Waals surface area contributed by atoms with E-state index in [0.717, 1.165) is 55.3 Å². The Morgan fingerprint density at radius 3 is 2.55 bits per heavy atom. The highest BCUT2D eigenvalue weighted by atomic mass is 16.3. The third-order valence-corrected chi connectivity index (χ3v) is 5.76. The summed E-state index contributed by atoms with van der Waals surface area (Å²) in [7, 11) is 3.56. The van der Waals surface area contributed by atoms with E-state index in [1.807, 2.05) is 30.3 Å². The lowest BCUT2D eigenvalue weighted by Crippen LogP contribution is -2.39. The number of amides is 1. The molecule has 31 heavy (non-hydrogen) atoms. The zero-order chi connectivity index (χ0) is 21.9. The fourth-order valence-electron chi connectivity index (χ4n) is 3.97. The van der Waals surface area contributed by atoms with Crippen molar-refractivity contribution >= 4 is 11.9 Å². The minimum atomic E-state index is 0.0316. The van der Waals surface area contributed by atoms with Crippen LogP contribution in [0.4, 0.5) is 0 Å². The zero-order valence-electron chi connectivity index (χ0n) is 18.9. The third-order valence-electron chi connectivity index (χ3n) is 5.76. The Kier molecular flexibility index (Phi) is 9.00. The van der Waals surface area contributed by atoms with Crippen LogP contribution in [-0.2, 0) is 12.8 Å². The Morgan fingerprint density at radius 1 is 1.06 bits per heavy atom. The third kappa shape index (κ3) is 7.78. The van der Waals surface area contributed by atoms with Crippen LogP contribution in [0.2, 0.25) is 0 Å². The fourth-order valence-corrected chi connectivity index (χ4v) is 3.97. The number of nitrogens with one attached hydrogen (secondary N) is 2. The summed E-state index contributed by atoms with van der Waals surface area (Å²) in [5, 5.41) is 6.92. The molecule has 1 aliphatic rings. The van der Waals surface area contributed by atoms with Crippen molar-refractivity contribution in [3.63, 3.8) is 0 Å². The summed E-state index contributed by atoms with van der Waals surface area (Å²) in [6, 6.07) is 11.8. The molecule has 0 saturated heterocycles. The van der Waals surface area contributed by atoms with Gasteiger partial charge in [0.2, 0.25) is 0 Å². The molecule has 6 heteroatoms. The molecule has 0 spiro atoms. The second-order valence-electron chi connectivity index (χ2n) is 8.53. The number of hydrogen-bond acceptors (Lipinski definition) is 3. The van der Waals surface area contributed by atoms with Crippen molar-refractivity contribution in [1.29, 1.82) is 0 Å². The highest BCUT2D eigenvalue weighted by molar-refractivity contribution is 5.94. The maximum absolute atomic E-state index is 12.2. The van der Waals surface area contributed by atoms with Crippen LogP contribution in [0.1, 0.15) is 53.8 Å². The summed E-state index contributed by atoms with van der Waals surface area (Å²) < 4.78 is 5.43. The van der Waals surface area contributed by atoms with Gasteiger partial charge in [-0.2, -0.15) is 0 Å². The smallest absolute Gasteiger partial charge is 0.253 e. The van der Waals surface area contributed by atoms with Crippen LogP contribution in [0.5, 0.6) is 0 Å². The van der Waals surface area contributed by atoms with Crippen molar-refractivity contribution in [1.82, 2.24) is 15.5 Å². The predicted molar refractivity (Wildman–Crippen MR) is 125 cm³/mol. The van der Waals surface area contributed by atoms with E-state index in [1.165, 1.54) is 32.1 Å². The van der Waals surface area contributed by atoms with Gasteiger partial charge in [-0.3, -0.25) is 9.79 Å². The van der Waals surface area contributed by atoms with E-state index in [1.54, 1.807) is 25.3 Å². The summed E-state index contributed by atoms with van der Waals surface area (Å²) in [4.78, 5) is 18.7. The highest BCUT2D eigenvalue weighted by Crippen LogP contribution is 2.23. The number of nitrogens with zero attached hydrogens (tertiary/aromatic N) is 2. The lowest BCUT2D eigenvalue weighted by molar-refractivity contribution is 0.0827. The predicted octanol–water partition coefficient (Wildman–Crippen LogP) is 3.88. The number of guanidine groups is 1. The fraction of sp³-hybridized carbons (Fsp3) is 0.520. The van der Waals surface area contributed by atoms with Crippen LogP contribution in [0, 0.1) is 5.92 Å². The number of carbonyl (C=O) groups excluding carboxylic acids is 1. The van der Waals surface area contributed by atoms with Crippen molar-refractivity contribution in [3.8, 4) is 0 Å². The second kappa shape index (κ2) is 12.2. The summed E-state index contributed by atoms with van der Waals surface area (Å²) >= 11 is 0. The van der Waals surface area contributed by atoms with E-state index >= 15 is 0 Å². The Hall–Kier alpha value is -2.76. The van der Waals surface area contributed by atoms with Crippen molar-refractivity contribution in [2.75, 3.05) is 33.7 Å². The first-order chi connectivity index (χ1) is 15.1. The van der Waals surface area contributed by atoms with Crippen LogP contribution < -0.4 is 10.6 Å². The van der Waals surface area contributed by atoms with Crippen LogP contribution in [0.25, 0.3) is 0 Å². The van der Waals surface area contributed by atoms with Gasteiger partial charge in [-0.25, -0.2) is 0 Å². The molecule has 1 aromatic carbocycles. The molecule has 3 rings (SSSR count). The molecule has 0 radical (unpaired) electrons. The molecular weight excluding hydrogens is 388 g/mol. The average Bonchev–Trinajstić information content (AvgIpc) is 3.31. The second-order valence-corrected chi connectivity index (χ2v) is 8.53. The maximum Gasteiger partial charge on any atom is 0.253 e. The number of hydrogen-bond donors (Lipinski definition) is 2. The summed E-state index contributed by atoms with van der Waals surface area (Å²) in [6.07, 6.45) is 9.96. The molecule has 1 heterocycles. The van der Waals surface area contributed by atoms with Crippen molar-refractivity contribution in [2.24, 2.45) is 10.9 Å². The molecule has 2 aromatic rings. The Morgan fingerprint density at radius 2 is 1.84 bits per heavy atom. The highest BCUT2D eigenvalue weighted by Gasteiger charge is 2.13. The van der Waals surface area contributed by atoms with E-state index in [2.05, 4.69) is 16.7 Å². The number of aliphatic imine (C=N–C) groups is 1. The first-order valence-electron chi connectivity index (χ1n) is 11.5. The SMILES string of the molecule is CN(C)C(=O)c1cccc(CCNC(=NCC2CCCCC2)NCCc2ccco2)c1. The number of furan rings is 1. The van der Waals surface area contributed by atoms with Gasteiger partial charge in [0.25, 0.3) is 5.91 Å². The summed E-state index contributed by atoms with van der Waals surface area (Å²) in [5.74, 6) is 2.56. The first kappa shape index (κ1) is 22.9. The first-order valence-corrected chi connectivity index (χ1v) is 11.5. The minimum Gasteiger partial charge on any atom is -0.469 e. The lowest BCUT2D eigenvalue weighted by Gasteiger charge is -2.20. The largest absolute Gasteiger partial charge is 0.469 e. The number of rotatable bonds is 9. The molecule has 0 unspecified atom stereocenters.